The summed E-state index contributed by atoms with van der Waals surface area (Å²) in [4.78, 5) is 20.4. The number of nitrogens with zero attached hydrogens (tertiary/aromatic N) is 3. The Bertz CT molecular complexity index is 490. The van der Waals surface area contributed by atoms with Crippen molar-refractivity contribution in [2.24, 2.45) is 0 Å². The molecule has 104 valence electrons. The van der Waals surface area contributed by atoms with E-state index in [1.165, 1.54) is 0 Å². The van der Waals surface area contributed by atoms with Crippen LogP contribution in [0.5, 0.6) is 0 Å². The zero-order chi connectivity index (χ0) is 14.0. The van der Waals surface area contributed by atoms with Gasteiger partial charge in [0.05, 0.1) is 6.04 Å². The van der Waals surface area contributed by atoms with Crippen LogP contribution >= 0.6 is 15.9 Å². The van der Waals surface area contributed by atoms with Crippen LogP contribution in [-0.2, 0) is 5.41 Å². The van der Waals surface area contributed by atoms with Crippen LogP contribution in [0, 0.1) is 0 Å². The average molecular weight is 328 g/mol. The van der Waals surface area contributed by atoms with Crippen LogP contribution in [0.3, 0.4) is 0 Å². The van der Waals surface area contributed by atoms with Gasteiger partial charge < -0.3 is 9.42 Å². The van der Waals surface area contributed by atoms with Crippen molar-refractivity contribution in [2.75, 3.05) is 6.54 Å². The highest BCUT2D eigenvalue weighted by Crippen LogP contribution is 2.23. The van der Waals surface area contributed by atoms with Gasteiger partial charge in [0, 0.05) is 18.2 Å². The number of carbonyl (C=O) groups is 1. The van der Waals surface area contributed by atoms with E-state index in [0.717, 1.165) is 19.4 Å². The molecule has 1 aromatic rings. The molecule has 5 nitrogen and oxygen atoms in total. The lowest BCUT2D eigenvalue weighted by Gasteiger charge is -2.19. The fourth-order valence-corrected chi connectivity index (χ4v) is 2.40. The number of halogens is 1. The number of carbonyl (C=O) groups excluding carboxylic acids is 1. The average Bonchev–Trinajstić information content (AvgIpc) is 2.96. The van der Waals surface area contributed by atoms with Crippen molar-refractivity contribution in [3.05, 3.63) is 22.9 Å². The first-order valence-electron chi connectivity index (χ1n) is 6.34. The summed E-state index contributed by atoms with van der Waals surface area (Å²) in [5, 5.41) is 3.82. The van der Waals surface area contributed by atoms with E-state index in [0.29, 0.717) is 5.89 Å². The van der Waals surface area contributed by atoms with Gasteiger partial charge in [0.2, 0.25) is 17.5 Å². The lowest BCUT2D eigenvalue weighted by atomic mass is 9.97. The second kappa shape index (κ2) is 5.45. The quantitative estimate of drug-likeness (QED) is 0.799. The highest BCUT2D eigenvalue weighted by molar-refractivity contribution is 9.11. The van der Waals surface area contributed by atoms with E-state index in [1.807, 2.05) is 31.9 Å². The maximum absolute atomic E-state index is 12.4. The molecule has 0 aromatic carbocycles. The number of Topliss-reactive ketones (excluding diaryl/α,β-unsaturated/α-hetero) is 1. The minimum atomic E-state index is -0.239. The third-order valence-corrected chi connectivity index (χ3v) is 3.37. The van der Waals surface area contributed by atoms with Crippen LogP contribution in [0.15, 0.2) is 15.7 Å². The lowest BCUT2D eigenvalue weighted by Crippen LogP contribution is -2.32. The predicted octanol–water partition coefficient (Wildman–Crippen LogP) is 2.88. The van der Waals surface area contributed by atoms with E-state index in [-0.39, 0.29) is 23.1 Å². The Hall–Kier alpha value is -1.17. The molecule has 0 N–H and O–H groups in total. The predicted molar refractivity (Wildman–Crippen MR) is 75.1 cm³/mol. The van der Waals surface area contributed by atoms with E-state index >= 15 is 0 Å². The summed E-state index contributed by atoms with van der Waals surface area (Å²) in [6, 6.07) is -0.181. The van der Waals surface area contributed by atoms with Crippen molar-refractivity contribution in [1.82, 2.24) is 15.0 Å². The molecular formula is C13H18BrN3O2. The SMILES string of the molecule is CC(C)(C)c1nc(C(=O)[C@@H]2CCCN2/C=C/Br)no1. The summed E-state index contributed by atoms with van der Waals surface area (Å²) in [6.07, 6.45) is 3.70. The van der Waals surface area contributed by atoms with Gasteiger partial charge in [-0.25, -0.2) is 0 Å². The van der Waals surface area contributed by atoms with Crippen molar-refractivity contribution in [3.63, 3.8) is 0 Å². The molecule has 1 aliphatic rings. The van der Waals surface area contributed by atoms with Gasteiger partial charge in [-0.15, -0.1) is 0 Å². The van der Waals surface area contributed by atoms with Gasteiger partial charge in [-0.1, -0.05) is 41.9 Å². The van der Waals surface area contributed by atoms with E-state index < -0.39 is 0 Å². The molecule has 2 rings (SSSR count). The van der Waals surface area contributed by atoms with Crippen LogP contribution < -0.4 is 0 Å². The molecule has 19 heavy (non-hydrogen) atoms. The number of likely N-dealkylation sites (tertiary alicyclic amines) is 1. The zero-order valence-electron chi connectivity index (χ0n) is 11.4. The molecule has 6 heteroatoms. The Morgan fingerprint density at radius 3 is 2.84 bits per heavy atom. The van der Waals surface area contributed by atoms with Crippen molar-refractivity contribution >= 4 is 21.7 Å². The van der Waals surface area contributed by atoms with Crippen LogP contribution in [0.25, 0.3) is 0 Å². The normalized spacial score (nSPS) is 20.4. The Kier molecular flexibility index (Phi) is 4.08. The standard InChI is InChI=1S/C13H18BrN3O2/c1-13(2,3)12-15-11(16-19-12)10(18)9-5-4-7-17(9)8-6-14/h6,8-9H,4-5,7H2,1-3H3/b8-6+/t9-/m0/s1. The number of ketones is 1. The summed E-state index contributed by atoms with van der Waals surface area (Å²) in [7, 11) is 0. The van der Waals surface area contributed by atoms with Crippen molar-refractivity contribution in [2.45, 2.75) is 45.1 Å². The van der Waals surface area contributed by atoms with Gasteiger partial charge >= 0.3 is 0 Å². The molecule has 1 fully saturated rings. The van der Waals surface area contributed by atoms with Crippen LogP contribution in [0.4, 0.5) is 0 Å². The Morgan fingerprint density at radius 1 is 1.53 bits per heavy atom. The Balaban J connectivity index is 2.18. The first-order valence-corrected chi connectivity index (χ1v) is 7.26. The number of hydrogen-bond acceptors (Lipinski definition) is 5. The summed E-state index contributed by atoms with van der Waals surface area (Å²) < 4.78 is 5.18. The molecule has 0 unspecified atom stereocenters. The molecular weight excluding hydrogens is 310 g/mol. The third-order valence-electron chi connectivity index (χ3n) is 3.13. The van der Waals surface area contributed by atoms with Crippen molar-refractivity contribution < 1.29 is 9.32 Å². The summed E-state index contributed by atoms with van der Waals surface area (Å²) in [5.74, 6) is 0.614. The van der Waals surface area contributed by atoms with Crippen LogP contribution in [-0.4, -0.2) is 33.4 Å². The van der Waals surface area contributed by atoms with Crippen molar-refractivity contribution in [1.29, 1.82) is 0 Å². The van der Waals surface area contributed by atoms with Gasteiger partial charge in [-0.3, -0.25) is 4.79 Å². The fourth-order valence-electron chi connectivity index (χ4n) is 2.10. The van der Waals surface area contributed by atoms with Gasteiger partial charge in [0.25, 0.3) is 0 Å². The molecule has 1 atom stereocenters. The smallest absolute Gasteiger partial charge is 0.240 e. The van der Waals surface area contributed by atoms with Crippen LogP contribution in [0.1, 0.15) is 50.1 Å². The third kappa shape index (κ3) is 3.05. The number of hydrogen-bond donors (Lipinski definition) is 0. The Morgan fingerprint density at radius 2 is 2.26 bits per heavy atom. The van der Waals surface area contributed by atoms with Gasteiger partial charge in [-0.05, 0) is 17.8 Å². The summed E-state index contributed by atoms with van der Waals surface area (Å²) in [6.45, 7) is 6.81. The molecule has 0 spiro atoms. The van der Waals surface area contributed by atoms with E-state index in [4.69, 9.17) is 4.52 Å². The minimum absolute atomic E-state index is 0.0673. The highest BCUT2D eigenvalue weighted by atomic mass is 79.9. The van der Waals surface area contributed by atoms with E-state index in [1.54, 1.807) is 4.99 Å². The molecule has 0 bridgehead atoms. The van der Waals surface area contributed by atoms with Gasteiger partial charge in [0.15, 0.2) is 0 Å². The first kappa shape index (κ1) is 14.2. The molecule has 0 amide bonds. The maximum atomic E-state index is 12.4. The first-order chi connectivity index (χ1) is 8.93. The van der Waals surface area contributed by atoms with Crippen molar-refractivity contribution in [3.8, 4) is 0 Å². The highest BCUT2D eigenvalue weighted by Gasteiger charge is 2.33. The second-order valence-corrected chi connectivity index (χ2v) is 6.24. The molecule has 2 heterocycles. The van der Waals surface area contributed by atoms with Gasteiger partial charge in [-0.2, -0.15) is 4.98 Å². The summed E-state index contributed by atoms with van der Waals surface area (Å²) >= 11 is 3.24. The minimum Gasteiger partial charge on any atom is -0.366 e. The fraction of sp³-hybridized carbons (Fsp3) is 0.615. The zero-order valence-corrected chi connectivity index (χ0v) is 13.0. The molecule has 0 radical (unpaired) electrons. The monoisotopic (exact) mass is 327 g/mol. The summed E-state index contributed by atoms with van der Waals surface area (Å²) in [5.41, 5.74) is -0.239. The van der Waals surface area contributed by atoms with E-state index in [2.05, 4.69) is 26.1 Å². The lowest BCUT2D eigenvalue weighted by molar-refractivity contribution is 0.0889. The molecule has 1 aliphatic heterocycles. The van der Waals surface area contributed by atoms with Crippen LogP contribution in [0.2, 0.25) is 0 Å². The van der Waals surface area contributed by atoms with Gasteiger partial charge in [0.1, 0.15) is 0 Å². The van der Waals surface area contributed by atoms with E-state index in [9.17, 15) is 4.79 Å². The molecule has 0 saturated carbocycles. The molecule has 1 saturated heterocycles. The topological polar surface area (TPSA) is 59.2 Å². The number of rotatable bonds is 3. The Labute approximate surface area is 121 Å². The second-order valence-electron chi connectivity index (χ2n) is 5.71. The molecule has 1 aromatic heterocycles. The number of aromatic nitrogens is 2. The molecule has 0 aliphatic carbocycles. The maximum Gasteiger partial charge on any atom is 0.240 e. The largest absolute Gasteiger partial charge is 0.366 e.